The van der Waals surface area contributed by atoms with Gasteiger partial charge in [0, 0.05) is 6.54 Å². The minimum absolute atomic E-state index is 0.115. The first-order chi connectivity index (χ1) is 11.8. The second-order valence-electron chi connectivity index (χ2n) is 5.92. The van der Waals surface area contributed by atoms with Gasteiger partial charge in [-0.05, 0) is 29.7 Å². The number of hydrogen-bond donors (Lipinski definition) is 1. The van der Waals surface area contributed by atoms with Gasteiger partial charge in [0.2, 0.25) is 6.10 Å². The summed E-state index contributed by atoms with van der Waals surface area (Å²) in [5.74, 6) is 1.09. The van der Waals surface area contributed by atoms with E-state index in [1.807, 2.05) is 30.3 Å². The van der Waals surface area contributed by atoms with Crippen LogP contribution in [0.25, 0.3) is 0 Å². The van der Waals surface area contributed by atoms with Crippen LogP contribution in [0.4, 0.5) is 0 Å². The number of rotatable bonds is 3. The first-order valence-corrected chi connectivity index (χ1v) is 8.17. The molecule has 2 aliphatic rings. The van der Waals surface area contributed by atoms with Crippen molar-refractivity contribution in [1.29, 1.82) is 0 Å². The highest BCUT2D eigenvalue weighted by atomic mass is 16.6. The van der Waals surface area contributed by atoms with Gasteiger partial charge in [-0.25, -0.2) is 0 Å². The molecule has 0 radical (unpaired) electrons. The lowest BCUT2D eigenvalue weighted by Gasteiger charge is -2.28. The fourth-order valence-corrected chi connectivity index (χ4v) is 3.10. The van der Waals surface area contributed by atoms with Crippen LogP contribution in [0.1, 0.15) is 17.2 Å². The van der Waals surface area contributed by atoms with Gasteiger partial charge >= 0.3 is 0 Å². The summed E-state index contributed by atoms with van der Waals surface area (Å²) < 4.78 is 17.1. The fourth-order valence-electron chi connectivity index (χ4n) is 3.10. The Morgan fingerprint density at radius 3 is 2.79 bits per heavy atom. The van der Waals surface area contributed by atoms with Crippen molar-refractivity contribution >= 4 is 5.91 Å². The molecule has 0 aliphatic carbocycles. The zero-order valence-corrected chi connectivity index (χ0v) is 13.2. The van der Waals surface area contributed by atoms with Crippen molar-refractivity contribution in [2.24, 2.45) is 0 Å². The van der Waals surface area contributed by atoms with Crippen LogP contribution in [0.3, 0.4) is 0 Å². The molecule has 0 bridgehead atoms. The monoisotopic (exact) mass is 325 g/mol. The molecular formula is C19H19NO4. The van der Waals surface area contributed by atoms with E-state index < -0.39 is 6.10 Å². The van der Waals surface area contributed by atoms with Gasteiger partial charge < -0.3 is 19.5 Å². The van der Waals surface area contributed by atoms with Gasteiger partial charge in [0.25, 0.3) is 5.91 Å². The molecule has 2 heterocycles. The Bertz CT molecular complexity index is 746. The second-order valence-corrected chi connectivity index (χ2v) is 5.92. The van der Waals surface area contributed by atoms with Crippen LogP contribution in [0.2, 0.25) is 0 Å². The van der Waals surface area contributed by atoms with Crippen molar-refractivity contribution in [3.63, 3.8) is 0 Å². The largest absolute Gasteiger partial charge is 0.485 e. The summed E-state index contributed by atoms with van der Waals surface area (Å²) in [7, 11) is 0. The van der Waals surface area contributed by atoms with E-state index >= 15 is 0 Å². The van der Waals surface area contributed by atoms with Gasteiger partial charge in [-0.3, -0.25) is 4.79 Å². The Kier molecular flexibility index (Phi) is 4.09. The van der Waals surface area contributed by atoms with E-state index in [9.17, 15) is 4.79 Å². The molecule has 1 N–H and O–H groups in total. The van der Waals surface area contributed by atoms with Gasteiger partial charge in [-0.2, -0.15) is 0 Å². The number of hydrogen-bond acceptors (Lipinski definition) is 4. The standard InChI is InChI=1S/C19H19NO4/c21-19(18-12-23-15-7-3-4-8-16(15)24-18)20-11-17-14-6-2-1-5-13(14)9-10-22-17/h1-8,17-18H,9-12H2,(H,20,21)/t17-,18+/m0/s1. The van der Waals surface area contributed by atoms with E-state index in [0.717, 1.165) is 12.0 Å². The first-order valence-electron chi connectivity index (χ1n) is 8.17. The molecule has 1 amide bonds. The summed E-state index contributed by atoms with van der Waals surface area (Å²) in [6, 6.07) is 15.6. The Labute approximate surface area is 140 Å². The van der Waals surface area contributed by atoms with Gasteiger partial charge in [0.1, 0.15) is 12.7 Å². The number of benzene rings is 2. The van der Waals surface area contributed by atoms with E-state index in [1.165, 1.54) is 5.56 Å². The number of amides is 1. The third-order valence-electron chi connectivity index (χ3n) is 4.36. The summed E-state index contributed by atoms with van der Waals surface area (Å²) >= 11 is 0. The molecule has 2 aromatic carbocycles. The summed E-state index contributed by atoms with van der Waals surface area (Å²) in [5.41, 5.74) is 2.43. The van der Waals surface area contributed by atoms with E-state index in [-0.39, 0.29) is 18.6 Å². The van der Waals surface area contributed by atoms with Crippen LogP contribution in [0.5, 0.6) is 11.5 Å². The van der Waals surface area contributed by atoms with Crippen molar-refractivity contribution < 1.29 is 19.0 Å². The van der Waals surface area contributed by atoms with Crippen LogP contribution in [0.15, 0.2) is 48.5 Å². The first kappa shape index (κ1) is 15.0. The normalized spacial score (nSPS) is 21.7. The highest BCUT2D eigenvalue weighted by molar-refractivity contribution is 5.81. The average Bonchev–Trinajstić information content (AvgIpc) is 2.65. The number of nitrogens with one attached hydrogen (secondary N) is 1. The zero-order valence-electron chi connectivity index (χ0n) is 13.2. The Hall–Kier alpha value is -2.53. The molecule has 0 unspecified atom stereocenters. The summed E-state index contributed by atoms with van der Waals surface area (Å²) in [6.45, 7) is 1.32. The topological polar surface area (TPSA) is 56.8 Å². The van der Waals surface area contributed by atoms with E-state index in [1.54, 1.807) is 6.07 Å². The molecule has 5 nitrogen and oxygen atoms in total. The predicted molar refractivity (Wildman–Crippen MR) is 88.2 cm³/mol. The smallest absolute Gasteiger partial charge is 0.264 e. The molecule has 2 aromatic rings. The maximum Gasteiger partial charge on any atom is 0.264 e. The Morgan fingerprint density at radius 1 is 1.08 bits per heavy atom. The van der Waals surface area contributed by atoms with E-state index in [4.69, 9.17) is 14.2 Å². The molecule has 0 spiro atoms. The minimum atomic E-state index is -0.640. The molecule has 0 aromatic heterocycles. The molecule has 5 heteroatoms. The number of fused-ring (bicyclic) bond motifs is 2. The van der Waals surface area contributed by atoms with E-state index in [2.05, 4.69) is 17.4 Å². The van der Waals surface area contributed by atoms with Crippen molar-refractivity contribution in [3.8, 4) is 11.5 Å². The molecule has 4 rings (SSSR count). The summed E-state index contributed by atoms with van der Waals surface area (Å²) in [6.07, 6.45) is 0.159. The summed E-state index contributed by atoms with van der Waals surface area (Å²) in [5, 5.41) is 2.92. The number of carbonyl (C=O) groups excluding carboxylic acids is 1. The highest BCUT2D eigenvalue weighted by Gasteiger charge is 2.28. The number of para-hydroxylation sites is 2. The fraction of sp³-hybridized carbons (Fsp3) is 0.316. The third kappa shape index (κ3) is 2.95. The van der Waals surface area contributed by atoms with Crippen LogP contribution in [-0.2, 0) is 16.0 Å². The van der Waals surface area contributed by atoms with Gasteiger partial charge in [0.05, 0.1) is 6.61 Å². The molecule has 124 valence electrons. The van der Waals surface area contributed by atoms with E-state index in [0.29, 0.717) is 24.7 Å². The minimum Gasteiger partial charge on any atom is -0.485 e. The van der Waals surface area contributed by atoms with Crippen LogP contribution in [-0.4, -0.2) is 31.8 Å². The molecule has 24 heavy (non-hydrogen) atoms. The van der Waals surface area contributed by atoms with Crippen molar-refractivity contribution in [1.82, 2.24) is 5.32 Å². The maximum atomic E-state index is 12.4. The summed E-state index contributed by atoms with van der Waals surface area (Å²) in [4.78, 5) is 12.4. The predicted octanol–water partition coefficient (Wildman–Crippen LogP) is 2.26. The Morgan fingerprint density at radius 2 is 1.88 bits per heavy atom. The van der Waals surface area contributed by atoms with Crippen LogP contribution >= 0.6 is 0 Å². The number of carbonyl (C=O) groups is 1. The van der Waals surface area contributed by atoms with Gasteiger partial charge in [-0.1, -0.05) is 36.4 Å². The second kappa shape index (κ2) is 6.53. The highest BCUT2D eigenvalue weighted by Crippen LogP contribution is 2.31. The van der Waals surface area contributed by atoms with Gasteiger partial charge in [-0.15, -0.1) is 0 Å². The SMILES string of the molecule is O=C(NC[C@@H]1OCCc2ccccc21)[C@H]1COc2ccccc2O1. The molecule has 0 saturated carbocycles. The molecular weight excluding hydrogens is 306 g/mol. The van der Waals surface area contributed by atoms with Crippen LogP contribution < -0.4 is 14.8 Å². The zero-order chi connectivity index (χ0) is 16.4. The van der Waals surface area contributed by atoms with Crippen molar-refractivity contribution in [3.05, 3.63) is 59.7 Å². The third-order valence-corrected chi connectivity index (χ3v) is 4.36. The van der Waals surface area contributed by atoms with Crippen LogP contribution in [0, 0.1) is 0 Å². The van der Waals surface area contributed by atoms with Gasteiger partial charge in [0.15, 0.2) is 11.5 Å². The Balaban J connectivity index is 1.38. The maximum absolute atomic E-state index is 12.4. The lowest BCUT2D eigenvalue weighted by molar-refractivity contribution is -0.131. The van der Waals surface area contributed by atoms with Crippen molar-refractivity contribution in [2.75, 3.05) is 19.8 Å². The molecule has 2 atom stereocenters. The average molecular weight is 325 g/mol. The molecule has 0 fully saturated rings. The van der Waals surface area contributed by atoms with Crippen molar-refractivity contribution in [2.45, 2.75) is 18.6 Å². The number of ether oxygens (including phenoxy) is 3. The lowest BCUT2D eigenvalue weighted by atomic mass is 9.97. The lowest BCUT2D eigenvalue weighted by Crippen LogP contribution is -2.45. The molecule has 2 aliphatic heterocycles. The quantitative estimate of drug-likeness (QED) is 0.940. The molecule has 0 saturated heterocycles.